The number of rotatable bonds is 0. The molecule has 0 amide bonds. The minimum atomic E-state index is -2.78. The van der Waals surface area contributed by atoms with Gasteiger partial charge in [0.15, 0.2) is 0 Å². The molecular weight excluding hydrogens is 122 g/mol. The predicted octanol–water partition coefficient (Wildman–Crippen LogP) is 2.53. The molecule has 0 aromatic carbocycles. The Hall–Kier alpha value is -0.660. The summed E-state index contributed by atoms with van der Waals surface area (Å²) in [6.07, 6.45) is 0.789. The molecule has 0 heterocycles. The third-order valence-corrected chi connectivity index (χ3v) is 1.62. The highest BCUT2D eigenvalue weighted by Gasteiger charge is 2.40. The van der Waals surface area contributed by atoms with Crippen LogP contribution in [0.2, 0.25) is 0 Å². The Kier molecular flexibility index (Phi) is 1.19. The zero-order chi connectivity index (χ0) is 7.07. The molecule has 0 spiro atoms. The molecule has 0 aromatic rings. The standard InChI is InChI=1S/C7H8F2/c1-5-3-4-6(2)7(5,8)9/h1-4H2. The summed E-state index contributed by atoms with van der Waals surface area (Å²) in [6, 6.07) is 0. The summed E-state index contributed by atoms with van der Waals surface area (Å²) in [5.74, 6) is -2.78. The average Bonchev–Trinajstić information content (AvgIpc) is 1.96. The van der Waals surface area contributed by atoms with Gasteiger partial charge in [0.2, 0.25) is 0 Å². The van der Waals surface area contributed by atoms with Crippen molar-refractivity contribution in [2.45, 2.75) is 18.8 Å². The number of hydrogen-bond acceptors (Lipinski definition) is 0. The molecule has 0 aromatic heterocycles. The second kappa shape index (κ2) is 1.66. The summed E-state index contributed by atoms with van der Waals surface area (Å²) < 4.78 is 25.1. The van der Waals surface area contributed by atoms with E-state index in [-0.39, 0.29) is 11.1 Å². The monoisotopic (exact) mass is 130 g/mol. The smallest absolute Gasteiger partial charge is 0.197 e. The second-order valence-corrected chi connectivity index (χ2v) is 2.28. The van der Waals surface area contributed by atoms with Crippen molar-refractivity contribution in [1.29, 1.82) is 0 Å². The normalized spacial score (nSPS) is 25.1. The van der Waals surface area contributed by atoms with Gasteiger partial charge in [-0.05, 0) is 24.0 Å². The average molecular weight is 130 g/mol. The summed E-state index contributed by atoms with van der Waals surface area (Å²) in [6.45, 7) is 6.49. The molecule has 9 heavy (non-hydrogen) atoms. The molecule has 0 radical (unpaired) electrons. The number of hydrogen-bond donors (Lipinski definition) is 0. The molecule has 0 nitrogen and oxygen atoms in total. The van der Waals surface area contributed by atoms with Gasteiger partial charge in [0.1, 0.15) is 0 Å². The third-order valence-electron chi connectivity index (χ3n) is 1.62. The summed E-state index contributed by atoms with van der Waals surface area (Å²) in [5.41, 5.74) is 0.0139. The van der Waals surface area contributed by atoms with Gasteiger partial charge in [0.25, 0.3) is 5.92 Å². The SMILES string of the molecule is C=C1CCC(=C)C1(F)F. The van der Waals surface area contributed by atoms with Crippen LogP contribution in [-0.2, 0) is 0 Å². The van der Waals surface area contributed by atoms with E-state index < -0.39 is 5.92 Å². The molecule has 1 aliphatic rings. The fourth-order valence-electron chi connectivity index (χ4n) is 0.866. The lowest BCUT2D eigenvalue weighted by Crippen LogP contribution is -2.13. The second-order valence-electron chi connectivity index (χ2n) is 2.28. The quantitative estimate of drug-likeness (QED) is 0.442. The molecule has 1 saturated carbocycles. The highest BCUT2D eigenvalue weighted by atomic mass is 19.3. The highest BCUT2D eigenvalue weighted by molar-refractivity contribution is 5.31. The van der Waals surface area contributed by atoms with Crippen molar-refractivity contribution in [2.24, 2.45) is 0 Å². The van der Waals surface area contributed by atoms with Gasteiger partial charge in [-0.2, -0.15) is 8.78 Å². The maximum Gasteiger partial charge on any atom is 0.290 e. The largest absolute Gasteiger partial charge is 0.290 e. The van der Waals surface area contributed by atoms with E-state index in [9.17, 15) is 8.78 Å². The van der Waals surface area contributed by atoms with Crippen LogP contribution in [0.3, 0.4) is 0 Å². The van der Waals surface area contributed by atoms with E-state index in [1.54, 1.807) is 0 Å². The van der Waals surface area contributed by atoms with E-state index in [0.717, 1.165) is 0 Å². The Morgan fingerprint density at radius 2 is 1.44 bits per heavy atom. The van der Waals surface area contributed by atoms with E-state index in [1.807, 2.05) is 0 Å². The minimum absolute atomic E-state index is 0.00694. The van der Waals surface area contributed by atoms with Crippen molar-refractivity contribution in [3.63, 3.8) is 0 Å². The Balaban J connectivity index is 2.91. The fourth-order valence-corrected chi connectivity index (χ4v) is 0.866. The molecule has 1 aliphatic carbocycles. The molecule has 0 atom stereocenters. The zero-order valence-corrected chi connectivity index (χ0v) is 5.08. The van der Waals surface area contributed by atoms with Crippen molar-refractivity contribution in [3.8, 4) is 0 Å². The van der Waals surface area contributed by atoms with Crippen molar-refractivity contribution in [2.75, 3.05) is 0 Å². The lowest BCUT2D eigenvalue weighted by molar-refractivity contribution is 0.0932. The molecule has 0 bridgehead atoms. The number of allylic oxidation sites excluding steroid dienone is 2. The Bertz CT molecular complexity index is 150. The number of halogens is 2. The van der Waals surface area contributed by atoms with Gasteiger partial charge in [-0.15, -0.1) is 0 Å². The molecule has 1 fully saturated rings. The first kappa shape index (κ1) is 6.46. The molecule has 0 N–H and O–H groups in total. The first-order valence-corrected chi connectivity index (χ1v) is 2.79. The topological polar surface area (TPSA) is 0 Å². The van der Waals surface area contributed by atoms with Gasteiger partial charge in [-0.1, -0.05) is 13.2 Å². The first-order valence-electron chi connectivity index (χ1n) is 2.79. The van der Waals surface area contributed by atoms with Crippen LogP contribution in [0.1, 0.15) is 12.8 Å². The van der Waals surface area contributed by atoms with Gasteiger partial charge >= 0.3 is 0 Å². The van der Waals surface area contributed by atoms with Crippen LogP contribution in [0, 0.1) is 0 Å². The van der Waals surface area contributed by atoms with Crippen LogP contribution in [0.25, 0.3) is 0 Å². The van der Waals surface area contributed by atoms with Crippen LogP contribution in [0.4, 0.5) is 8.78 Å². The minimum Gasteiger partial charge on any atom is -0.197 e. The van der Waals surface area contributed by atoms with Gasteiger partial charge in [0, 0.05) is 0 Å². The Morgan fingerprint density at radius 3 is 1.56 bits per heavy atom. The maximum absolute atomic E-state index is 12.5. The van der Waals surface area contributed by atoms with Crippen molar-refractivity contribution < 1.29 is 8.78 Å². The predicted molar refractivity (Wildman–Crippen MR) is 32.5 cm³/mol. The van der Waals surface area contributed by atoms with Crippen LogP contribution >= 0.6 is 0 Å². The molecule has 1 rings (SSSR count). The van der Waals surface area contributed by atoms with Crippen molar-refractivity contribution in [1.82, 2.24) is 0 Å². The lowest BCUT2D eigenvalue weighted by Gasteiger charge is -2.09. The highest BCUT2D eigenvalue weighted by Crippen LogP contribution is 2.41. The van der Waals surface area contributed by atoms with Crippen LogP contribution in [0.5, 0.6) is 0 Å². The Morgan fingerprint density at radius 1 is 1.11 bits per heavy atom. The third kappa shape index (κ3) is 0.784. The summed E-state index contributed by atoms with van der Waals surface area (Å²) in [5, 5.41) is 0. The summed E-state index contributed by atoms with van der Waals surface area (Å²) in [4.78, 5) is 0. The zero-order valence-electron chi connectivity index (χ0n) is 5.08. The van der Waals surface area contributed by atoms with Crippen LogP contribution in [-0.4, -0.2) is 5.92 Å². The van der Waals surface area contributed by atoms with Gasteiger partial charge in [-0.25, -0.2) is 0 Å². The maximum atomic E-state index is 12.5. The van der Waals surface area contributed by atoms with E-state index in [2.05, 4.69) is 13.2 Å². The molecular formula is C7H8F2. The molecule has 2 heteroatoms. The van der Waals surface area contributed by atoms with Crippen LogP contribution in [0.15, 0.2) is 24.3 Å². The summed E-state index contributed by atoms with van der Waals surface area (Å²) >= 11 is 0. The fraction of sp³-hybridized carbons (Fsp3) is 0.429. The van der Waals surface area contributed by atoms with E-state index in [4.69, 9.17) is 0 Å². The lowest BCUT2D eigenvalue weighted by atomic mass is 10.2. The molecule has 0 unspecified atom stereocenters. The van der Waals surface area contributed by atoms with E-state index in [0.29, 0.717) is 12.8 Å². The summed E-state index contributed by atoms with van der Waals surface area (Å²) in [7, 11) is 0. The Labute approximate surface area is 52.9 Å². The molecule has 50 valence electrons. The van der Waals surface area contributed by atoms with E-state index >= 15 is 0 Å². The van der Waals surface area contributed by atoms with Crippen molar-refractivity contribution >= 4 is 0 Å². The van der Waals surface area contributed by atoms with Gasteiger partial charge in [0.05, 0.1) is 0 Å². The van der Waals surface area contributed by atoms with E-state index in [1.165, 1.54) is 0 Å². The molecule has 0 aliphatic heterocycles. The van der Waals surface area contributed by atoms with Crippen LogP contribution < -0.4 is 0 Å². The number of alkyl halides is 2. The van der Waals surface area contributed by atoms with Gasteiger partial charge < -0.3 is 0 Å². The van der Waals surface area contributed by atoms with Gasteiger partial charge in [-0.3, -0.25) is 0 Å². The first-order chi connectivity index (χ1) is 4.05. The van der Waals surface area contributed by atoms with Crippen molar-refractivity contribution in [3.05, 3.63) is 24.3 Å². The molecule has 0 saturated heterocycles.